The van der Waals surface area contributed by atoms with E-state index in [-0.39, 0.29) is 12.2 Å². The highest BCUT2D eigenvalue weighted by atomic mass is 16.4. The number of imide groups is 1. The number of phenols is 1. The van der Waals surface area contributed by atoms with Crippen molar-refractivity contribution in [2.75, 3.05) is 0 Å². The maximum atomic E-state index is 12.5. The Hall–Kier alpha value is -3.26. The van der Waals surface area contributed by atoms with Crippen molar-refractivity contribution in [1.82, 2.24) is 15.6 Å². The third-order valence-corrected chi connectivity index (χ3v) is 5.30. The summed E-state index contributed by atoms with van der Waals surface area (Å²) >= 11 is 0. The first kappa shape index (κ1) is 17.2. The minimum Gasteiger partial charge on any atom is -0.508 e. The predicted molar refractivity (Wildman–Crippen MR) is 92.4 cm³/mol. The number of hydrogen-bond donors (Lipinski definition) is 4. The highest BCUT2D eigenvalue weighted by Crippen LogP contribution is 2.47. The van der Waals surface area contributed by atoms with Gasteiger partial charge in [-0.05, 0) is 29.8 Å². The highest BCUT2D eigenvalue weighted by molar-refractivity contribution is 6.09. The van der Waals surface area contributed by atoms with E-state index in [0.717, 1.165) is 0 Å². The molecule has 4 N–H and O–H groups in total. The summed E-state index contributed by atoms with van der Waals surface area (Å²) in [6, 6.07) is 10.6. The first-order chi connectivity index (χ1) is 12.9. The van der Waals surface area contributed by atoms with Gasteiger partial charge in [0.2, 0.25) is 11.8 Å². The van der Waals surface area contributed by atoms with Crippen molar-refractivity contribution in [3.63, 3.8) is 0 Å². The number of phenolic OH excluding ortho intramolecular Hbond substituents is 1. The number of carboxylic acid groups (broad SMARTS) is 1. The number of nitrogens with one attached hydrogen (secondary N) is 2. The maximum Gasteiger partial charge on any atom is 0.325 e. The average molecular weight is 367 g/mol. The number of aromatic nitrogens is 1. The minimum absolute atomic E-state index is 0.0200. The molecule has 2 amide bonds. The van der Waals surface area contributed by atoms with Crippen LogP contribution in [0.1, 0.15) is 17.3 Å². The fourth-order valence-electron chi connectivity index (χ4n) is 4.11. The second-order valence-electron chi connectivity index (χ2n) is 6.85. The largest absolute Gasteiger partial charge is 0.508 e. The second kappa shape index (κ2) is 6.17. The van der Waals surface area contributed by atoms with Crippen LogP contribution < -0.4 is 10.6 Å². The zero-order valence-electron chi connectivity index (χ0n) is 14.1. The van der Waals surface area contributed by atoms with E-state index in [1.54, 1.807) is 36.5 Å². The summed E-state index contributed by atoms with van der Waals surface area (Å²) < 4.78 is 0. The molecule has 0 bridgehead atoms. The number of hydrogen-bond acceptors (Lipinski definition) is 6. The number of amides is 2. The zero-order valence-corrected chi connectivity index (χ0v) is 14.1. The quantitative estimate of drug-likeness (QED) is 0.575. The van der Waals surface area contributed by atoms with Crippen LogP contribution in [0.25, 0.3) is 0 Å². The Kier molecular flexibility index (Phi) is 3.92. The third-order valence-electron chi connectivity index (χ3n) is 5.30. The molecule has 1 aromatic carbocycles. The van der Waals surface area contributed by atoms with Gasteiger partial charge in [0.25, 0.3) is 0 Å². The summed E-state index contributed by atoms with van der Waals surface area (Å²) in [5.74, 6) is -4.18. The van der Waals surface area contributed by atoms with E-state index < -0.39 is 41.2 Å². The molecule has 27 heavy (non-hydrogen) atoms. The van der Waals surface area contributed by atoms with E-state index >= 15 is 0 Å². The van der Waals surface area contributed by atoms with Crippen molar-refractivity contribution in [2.24, 2.45) is 11.8 Å². The van der Waals surface area contributed by atoms with Crippen molar-refractivity contribution >= 4 is 17.8 Å². The number of benzene rings is 1. The van der Waals surface area contributed by atoms with Crippen LogP contribution in [-0.4, -0.2) is 38.5 Å². The summed E-state index contributed by atoms with van der Waals surface area (Å²) in [7, 11) is 0. The lowest BCUT2D eigenvalue weighted by Gasteiger charge is -2.30. The van der Waals surface area contributed by atoms with Crippen LogP contribution in [0.15, 0.2) is 48.7 Å². The van der Waals surface area contributed by atoms with Gasteiger partial charge in [-0.1, -0.05) is 18.2 Å². The Bertz CT molecular complexity index is 915. The van der Waals surface area contributed by atoms with E-state index in [1.807, 2.05) is 0 Å². The van der Waals surface area contributed by atoms with Gasteiger partial charge in [-0.3, -0.25) is 30.0 Å². The van der Waals surface area contributed by atoms with E-state index in [9.17, 15) is 24.6 Å². The average Bonchev–Trinajstić information content (AvgIpc) is 3.15. The summed E-state index contributed by atoms with van der Waals surface area (Å²) in [4.78, 5) is 41.5. The SMILES string of the molecule is O=C1NC(=O)C2C1C(c1ccccn1)NC2(Cc1ccc(O)cc1)C(=O)O. The number of rotatable bonds is 4. The molecule has 4 rings (SSSR count). The Morgan fingerprint density at radius 2 is 1.85 bits per heavy atom. The van der Waals surface area contributed by atoms with Crippen molar-refractivity contribution < 1.29 is 24.6 Å². The molecule has 0 aliphatic carbocycles. The van der Waals surface area contributed by atoms with Crippen molar-refractivity contribution in [3.05, 3.63) is 59.9 Å². The first-order valence-electron chi connectivity index (χ1n) is 8.47. The fraction of sp³-hybridized carbons (Fsp3) is 0.263. The molecule has 2 saturated heterocycles. The van der Waals surface area contributed by atoms with Crippen molar-refractivity contribution in [3.8, 4) is 5.75 Å². The van der Waals surface area contributed by atoms with Crippen LogP contribution in [0.4, 0.5) is 0 Å². The molecule has 0 spiro atoms. The van der Waals surface area contributed by atoms with E-state index in [0.29, 0.717) is 11.3 Å². The molecule has 2 fully saturated rings. The molecule has 3 heterocycles. The number of fused-ring (bicyclic) bond motifs is 1. The van der Waals surface area contributed by atoms with Gasteiger partial charge in [0, 0.05) is 12.6 Å². The third kappa shape index (κ3) is 2.65. The van der Waals surface area contributed by atoms with Crippen LogP contribution >= 0.6 is 0 Å². The van der Waals surface area contributed by atoms with Crippen LogP contribution in [-0.2, 0) is 20.8 Å². The molecular weight excluding hydrogens is 350 g/mol. The molecule has 1 aromatic heterocycles. The monoisotopic (exact) mass is 367 g/mol. The molecule has 0 saturated carbocycles. The van der Waals surface area contributed by atoms with Crippen LogP contribution in [0.2, 0.25) is 0 Å². The molecular formula is C19H17N3O5. The van der Waals surface area contributed by atoms with Crippen LogP contribution in [0, 0.1) is 11.8 Å². The topological polar surface area (TPSA) is 129 Å². The number of carbonyl (C=O) groups excluding carboxylic acids is 2. The number of aromatic hydroxyl groups is 1. The molecule has 2 aliphatic rings. The normalized spacial score (nSPS) is 29.4. The van der Waals surface area contributed by atoms with E-state index in [1.165, 1.54) is 12.1 Å². The number of carbonyl (C=O) groups is 3. The number of carboxylic acids is 1. The lowest BCUT2D eigenvalue weighted by atomic mass is 9.76. The molecule has 8 nitrogen and oxygen atoms in total. The van der Waals surface area contributed by atoms with Crippen LogP contribution in [0.5, 0.6) is 5.75 Å². The molecule has 138 valence electrons. The summed E-state index contributed by atoms with van der Waals surface area (Å²) in [5, 5.41) is 24.8. The Morgan fingerprint density at radius 1 is 1.11 bits per heavy atom. The lowest BCUT2D eigenvalue weighted by molar-refractivity contribution is -0.149. The maximum absolute atomic E-state index is 12.5. The standard InChI is InChI=1S/C19H17N3O5/c23-11-6-4-10(5-7-11)9-19(18(26)27)14-13(16(24)21-17(14)25)15(22-19)12-3-1-2-8-20-12/h1-8,13-15,22-23H,9H2,(H,26,27)(H,21,24,25). The van der Waals surface area contributed by atoms with Gasteiger partial charge in [-0.2, -0.15) is 0 Å². The number of nitrogens with zero attached hydrogens (tertiary/aromatic N) is 1. The van der Waals surface area contributed by atoms with Gasteiger partial charge in [0.1, 0.15) is 11.3 Å². The Labute approximate surface area is 154 Å². The molecule has 2 aromatic rings. The Balaban J connectivity index is 1.80. The van der Waals surface area contributed by atoms with Gasteiger partial charge in [-0.15, -0.1) is 0 Å². The molecule has 8 heteroatoms. The molecule has 4 unspecified atom stereocenters. The second-order valence-corrected chi connectivity index (χ2v) is 6.85. The van der Waals surface area contributed by atoms with Gasteiger partial charge in [0.05, 0.1) is 23.6 Å². The molecule has 4 atom stereocenters. The van der Waals surface area contributed by atoms with Gasteiger partial charge >= 0.3 is 5.97 Å². The Morgan fingerprint density at radius 3 is 2.48 bits per heavy atom. The minimum atomic E-state index is -1.67. The lowest BCUT2D eigenvalue weighted by Crippen LogP contribution is -2.57. The zero-order chi connectivity index (χ0) is 19.2. The molecule has 0 radical (unpaired) electrons. The van der Waals surface area contributed by atoms with Crippen molar-refractivity contribution in [2.45, 2.75) is 18.0 Å². The smallest absolute Gasteiger partial charge is 0.325 e. The van der Waals surface area contributed by atoms with Gasteiger partial charge < -0.3 is 10.2 Å². The fourth-order valence-corrected chi connectivity index (χ4v) is 4.11. The number of aliphatic carboxylic acids is 1. The van der Waals surface area contributed by atoms with Crippen molar-refractivity contribution in [1.29, 1.82) is 0 Å². The first-order valence-corrected chi connectivity index (χ1v) is 8.47. The summed E-state index contributed by atoms with van der Waals surface area (Å²) in [5.41, 5.74) is -0.540. The van der Waals surface area contributed by atoms with E-state index in [2.05, 4.69) is 15.6 Å². The van der Waals surface area contributed by atoms with Crippen LogP contribution in [0.3, 0.4) is 0 Å². The van der Waals surface area contributed by atoms with E-state index in [4.69, 9.17) is 0 Å². The number of pyridine rings is 1. The van der Waals surface area contributed by atoms with Gasteiger partial charge in [-0.25, -0.2) is 0 Å². The highest BCUT2D eigenvalue weighted by Gasteiger charge is 2.66. The summed E-state index contributed by atoms with van der Waals surface area (Å²) in [6.07, 6.45) is 1.54. The predicted octanol–water partition coefficient (Wildman–Crippen LogP) is 0.386. The van der Waals surface area contributed by atoms with Gasteiger partial charge in [0.15, 0.2) is 0 Å². The molecule has 2 aliphatic heterocycles. The summed E-state index contributed by atoms with van der Waals surface area (Å²) in [6.45, 7) is 0.